The third-order valence-corrected chi connectivity index (χ3v) is 4.93. The van der Waals surface area contributed by atoms with Gasteiger partial charge in [0.2, 0.25) is 0 Å². The van der Waals surface area contributed by atoms with Crippen LogP contribution in [0.4, 0.5) is 0 Å². The molecule has 2 unspecified atom stereocenters. The zero-order valence-corrected chi connectivity index (χ0v) is 12.5. The molecular weight excluding hydrogens is 300 g/mol. The Hall–Kier alpha value is -1.12. The molecule has 0 heterocycles. The number of aliphatic hydroxyl groups excluding tert-OH is 1. The van der Waals surface area contributed by atoms with Crippen molar-refractivity contribution in [2.75, 3.05) is 0 Å². The van der Waals surface area contributed by atoms with E-state index in [2.05, 4.69) is 53.2 Å². The fraction of sp³-hybridized carbons (Fsp3) is 0.294. The first-order valence-electron chi connectivity index (χ1n) is 6.67. The molecule has 0 bridgehead atoms. The summed E-state index contributed by atoms with van der Waals surface area (Å²) in [6.45, 7) is 2.05. The van der Waals surface area contributed by atoms with Crippen molar-refractivity contribution in [3.8, 4) is 0 Å². The number of aryl methyl sites for hydroxylation is 1. The van der Waals surface area contributed by atoms with Crippen LogP contribution < -0.4 is 0 Å². The summed E-state index contributed by atoms with van der Waals surface area (Å²) in [5.41, 5.74) is 5.04. The lowest BCUT2D eigenvalue weighted by Crippen LogP contribution is -2.19. The number of hydrogen-bond acceptors (Lipinski definition) is 1. The Morgan fingerprint density at radius 3 is 2.79 bits per heavy atom. The summed E-state index contributed by atoms with van der Waals surface area (Å²) in [4.78, 5) is 0. The van der Waals surface area contributed by atoms with E-state index in [-0.39, 0.29) is 6.10 Å². The van der Waals surface area contributed by atoms with Crippen molar-refractivity contribution in [2.24, 2.45) is 0 Å². The standard InChI is InChI=1S/C17H17BrO/c1-11-8-13(6-7-16(11)18)17(19)10-14-9-12-4-2-3-5-15(12)14/h2-8,14,17,19H,9-10H2,1H3. The average Bonchev–Trinajstić information content (AvgIpc) is 2.39. The molecule has 2 aromatic carbocycles. The van der Waals surface area contributed by atoms with E-state index in [0.29, 0.717) is 5.92 Å². The van der Waals surface area contributed by atoms with E-state index in [9.17, 15) is 5.11 Å². The summed E-state index contributed by atoms with van der Waals surface area (Å²) < 4.78 is 1.09. The normalized spacial score (nSPS) is 18.6. The largest absolute Gasteiger partial charge is 0.388 e. The smallest absolute Gasteiger partial charge is 0.0796 e. The van der Waals surface area contributed by atoms with Gasteiger partial charge >= 0.3 is 0 Å². The Kier molecular flexibility index (Phi) is 3.46. The van der Waals surface area contributed by atoms with Gasteiger partial charge in [0.15, 0.2) is 0 Å². The molecular formula is C17H17BrO. The minimum Gasteiger partial charge on any atom is -0.388 e. The molecule has 1 aliphatic carbocycles. The van der Waals surface area contributed by atoms with E-state index in [0.717, 1.165) is 22.9 Å². The van der Waals surface area contributed by atoms with Crippen molar-refractivity contribution in [3.05, 3.63) is 69.2 Å². The van der Waals surface area contributed by atoms with Gasteiger partial charge in [0.05, 0.1) is 6.10 Å². The molecule has 0 aromatic heterocycles. The third kappa shape index (κ3) is 2.47. The zero-order valence-electron chi connectivity index (χ0n) is 10.9. The number of rotatable bonds is 3. The molecule has 2 heteroatoms. The van der Waals surface area contributed by atoms with Gasteiger partial charge in [-0.1, -0.05) is 52.3 Å². The van der Waals surface area contributed by atoms with Gasteiger partial charge in [-0.25, -0.2) is 0 Å². The Bertz CT molecular complexity index is 606. The van der Waals surface area contributed by atoms with Crippen LogP contribution >= 0.6 is 15.9 Å². The van der Waals surface area contributed by atoms with Gasteiger partial charge in [-0.05, 0) is 54.0 Å². The Balaban J connectivity index is 1.73. The monoisotopic (exact) mass is 316 g/mol. The summed E-state index contributed by atoms with van der Waals surface area (Å²) >= 11 is 3.49. The van der Waals surface area contributed by atoms with Crippen molar-refractivity contribution in [1.82, 2.24) is 0 Å². The van der Waals surface area contributed by atoms with Crippen LogP contribution in [0.15, 0.2) is 46.9 Å². The predicted octanol–water partition coefficient (Wildman–Crippen LogP) is 4.52. The van der Waals surface area contributed by atoms with Crippen molar-refractivity contribution in [2.45, 2.75) is 31.8 Å². The lowest BCUT2D eigenvalue weighted by atomic mass is 9.74. The van der Waals surface area contributed by atoms with Gasteiger partial charge < -0.3 is 5.11 Å². The minimum absolute atomic E-state index is 0.370. The van der Waals surface area contributed by atoms with Gasteiger partial charge in [-0.3, -0.25) is 0 Å². The molecule has 3 rings (SSSR count). The van der Waals surface area contributed by atoms with Crippen LogP contribution in [0.25, 0.3) is 0 Å². The Morgan fingerprint density at radius 1 is 1.26 bits per heavy atom. The van der Waals surface area contributed by atoms with Gasteiger partial charge in [-0.15, -0.1) is 0 Å². The van der Waals surface area contributed by atoms with E-state index >= 15 is 0 Å². The molecule has 0 amide bonds. The fourth-order valence-electron chi connectivity index (χ4n) is 2.85. The summed E-state index contributed by atoms with van der Waals surface area (Å²) in [6, 6.07) is 14.6. The fourth-order valence-corrected chi connectivity index (χ4v) is 3.10. The zero-order chi connectivity index (χ0) is 13.4. The van der Waals surface area contributed by atoms with Crippen LogP contribution in [0.1, 0.15) is 40.7 Å². The SMILES string of the molecule is Cc1cc(C(O)CC2Cc3ccccc32)ccc1Br. The summed E-state index contributed by atoms with van der Waals surface area (Å²) in [6.07, 6.45) is 1.55. The molecule has 0 radical (unpaired) electrons. The Labute approximate surface area is 122 Å². The van der Waals surface area contributed by atoms with Crippen LogP contribution in [-0.2, 0) is 6.42 Å². The highest BCUT2D eigenvalue weighted by Gasteiger charge is 2.27. The predicted molar refractivity (Wildman–Crippen MR) is 81.3 cm³/mol. The molecule has 1 nitrogen and oxygen atoms in total. The number of halogens is 1. The highest BCUT2D eigenvalue weighted by atomic mass is 79.9. The molecule has 98 valence electrons. The van der Waals surface area contributed by atoms with Crippen molar-refractivity contribution >= 4 is 15.9 Å². The summed E-state index contributed by atoms with van der Waals surface area (Å²) in [5, 5.41) is 10.4. The van der Waals surface area contributed by atoms with Crippen molar-refractivity contribution < 1.29 is 5.11 Å². The molecule has 0 saturated carbocycles. The number of fused-ring (bicyclic) bond motifs is 1. The minimum atomic E-state index is -0.370. The molecule has 0 aliphatic heterocycles. The maximum atomic E-state index is 10.4. The maximum Gasteiger partial charge on any atom is 0.0796 e. The second kappa shape index (κ2) is 5.10. The molecule has 0 saturated heterocycles. The van der Waals surface area contributed by atoms with Crippen molar-refractivity contribution in [1.29, 1.82) is 0 Å². The van der Waals surface area contributed by atoms with Crippen molar-refractivity contribution in [3.63, 3.8) is 0 Å². The molecule has 2 aromatic rings. The average molecular weight is 317 g/mol. The lowest BCUT2D eigenvalue weighted by molar-refractivity contribution is 0.153. The van der Waals surface area contributed by atoms with E-state index in [4.69, 9.17) is 0 Å². The molecule has 19 heavy (non-hydrogen) atoms. The third-order valence-electron chi connectivity index (χ3n) is 4.04. The second-order valence-corrected chi connectivity index (χ2v) is 6.21. The highest BCUT2D eigenvalue weighted by molar-refractivity contribution is 9.10. The van der Waals surface area contributed by atoms with Gasteiger partial charge in [0.1, 0.15) is 0 Å². The van der Waals surface area contributed by atoms with E-state index in [1.54, 1.807) is 0 Å². The first-order valence-corrected chi connectivity index (χ1v) is 7.46. The topological polar surface area (TPSA) is 20.2 Å². The van der Waals surface area contributed by atoms with Crippen LogP contribution in [0.2, 0.25) is 0 Å². The van der Waals surface area contributed by atoms with E-state index in [1.807, 2.05) is 12.1 Å². The van der Waals surface area contributed by atoms with Crippen LogP contribution in [0.5, 0.6) is 0 Å². The molecule has 1 N–H and O–H groups in total. The number of aliphatic hydroxyl groups is 1. The molecule has 0 fully saturated rings. The van der Waals surface area contributed by atoms with E-state index < -0.39 is 0 Å². The van der Waals surface area contributed by atoms with Crippen LogP contribution in [-0.4, -0.2) is 5.11 Å². The van der Waals surface area contributed by atoms with Gasteiger partial charge in [0, 0.05) is 4.47 Å². The summed E-state index contributed by atoms with van der Waals surface area (Å²) in [5.74, 6) is 0.509. The van der Waals surface area contributed by atoms with E-state index in [1.165, 1.54) is 16.7 Å². The second-order valence-electron chi connectivity index (χ2n) is 5.36. The van der Waals surface area contributed by atoms with Crippen LogP contribution in [0.3, 0.4) is 0 Å². The maximum absolute atomic E-state index is 10.4. The van der Waals surface area contributed by atoms with Gasteiger partial charge in [-0.2, -0.15) is 0 Å². The molecule has 1 aliphatic rings. The molecule has 0 spiro atoms. The first kappa shape index (κ1) is 12.9. The number of benzene rings is 2. The van der Waals surface area contributed by atoms with Crippen LogP contribution in [0, 0.1) is 6.92 Å². The lowest BCUT2D eigenvalue weighted by Gasteiger charge is -2.31. The summed E-state index contributed by atoms with van der Waals surface area (Å²) in [7, 11) is 0. The number of hydrogen-bond donors (Lipinski definition) is 1. The Morgan fingerprint density at radius 2 is 2.05 bits per heavy atom. The first-order chi connectivity index (χ1) is 9.15. The quantitative estimate of drug-likeness (QED) is 0.882. The van der Waals surface area contributed by atoms with Gasteiger partial charge in [0.25, 0.3) is 0 Å². The molecule has 2 atom stereocenters. The highest BCUT2D eigenvalue weighted by Crippen LogP contribution is 2.40.